The second-order valence-corrected chi connectivity index (χ2v) is 19.8. The molecule has 0 aliphatic heterocycles. The minimum absolute atomic E-state index is 0.146. The smallest absolute Gasteiger partial charge is 0.462 e. The van der Waals surface area contributed by atoms with Crippen molar-refractivity contribution in [3.63, 3.8) is 0 Å². The molecule has 0 aliphatic carbocycles. The van der Waals surface area contributed by atoms with E-state index in [1.54, 1.807) is 0 Å². The van der Waals surface area contributed by atoms with E-state index in [1.165, 1.54) is 38.5 Å². The van der Waals surface area contributed by atoms with Gasteiger partial charge in [-0.3, -0.25) is 23.4 Å². The van der Waals surface area contributed by atoms with E-state index >= 15 is 0 Å². The molecule has 70 heavy (non-hydrogen) atoms. The molecule has 0 aromatic heterocycles. The zero-order chi connectivity index (χ0) is 51.3. The van der Waals surface area contributed by atoms with Gasteiger partial charge in [-0.1, -0.05) is 190 Å². The summed E-state index contributed by atoms with van der Waals surface area (Å²) in [5.74, 6) is -1.51. The van der Waals surface area contributed by atoms with Gasteiger partial charge in [0.2, 0.25) is 0 Å². The van der Waals surface area contributed by atoms with Crippen molar-refractivity contribution in [3.05, 3.63) is 72.9 Å². The fraction of sp³-hybridized carbons (Fsp3) is 0.741. The van der Waals surface area contributed by atoms with Crippen LogP contribution in [0.5, 0.6) is 0 Å². The van der Waals surface area contributed by atoms with Crippen LogP contribution in [0.15, 0.2) is 72.9 Å². The fourth-order valence-electron chi connectivity index (χ4n) is 7.26. The van der Waals surface area contributed by atoms with Gasteiger partial charge in [-0.05, 0) is 103 Å². The van der Waals surface area contributed by atoms with Crippen molar-refractivity contribution in [1.82, 2.24) is 0 Å². The summed E-state index contributed by atoms with van der Waals surface area (Å²) in [5.41, 5.74) is 0. The molecule has 0 spiro atoms. The maximum Gasteiger partial charge on any atom is 0.472 e. The molecule has 0 heterocycles. The average Bonchev–Trinajstić information content (AvgIpc) is 3.35. The molecule has 3 atom stereocenters. The van der Waals surface area contributed by atoms with Crippen LogP contribution in [0.25, 0.3) is 0 Å². The normalized spacial score (nSPS) is 14.0. The summed E-state index contributed by atoms with van der Waals surface area (Å²) in [7, 11) is -4.75. The molecule has 2 N–H and O–H groups in total. The highest BCUT2D eigenvalue weighted by Crippen LogP contribution is 2.43. The molecular formula is C58H101O11P. The predicted octanol–water partition coefficient (Wildman–Crippen LogP) is 16.1. The number of rotatable bonds is 51. The van der Waals surface area contributed by atoms with Gasteiger partial charge in [0.25, 0.3) is 0 Å². The number of aliphatic hydroxyl groups excluding tert-OH is 1. The van der Waals surface area contributed by atoms with Gasteiger partial charge < -0.3 is 24.2 Å². The first-order valence-electron chi connectivity index (χ1n) is 27.8. The molecule has 0 radical (unpaired) electrons. The van der Waals surface area contributed by atoms with Crippen LogP contribution < -0.4 is 0 Å². The zero-order valence-electron chi connectivity index (χ0n) is 44.5. The van der Waals surface area contributed by atoms with Crippen LogP contribution in [0, 0.1) is 0 Å². The van der Waals surface area contributed by atoms with Crippen LogP contribution in [0.4, 0.5) is 0 Å². The number of carbonyl (C=O) groups excluding carboxylic acids is 3. The molecule has 0 saturated heterocycles. The van der Waals surface area contributed by atoms with Crippen molar-refractivity contribution in [2.24, 2.45) is 0 Å². The molecule has 3 unspecified atom stereocenters. The number of ether oxygens (including phenoxy) is 3. The molecule has 11 nitrogen and oxygen atoms in total. The number of phosphoric ester groups is 1. The zero-order valence-corrected chi connectivity index (χ0v) is 45.4. The molecule has 0 aromatic rings. The van der Waals surface area contributed by atoms with Crippen LogP contribution in [-0.2, 0) is 42.2 Å². The highest BCUT2D eigenvalue weighted by molar-refractivity contribution is 7.47. The lowest BCUT2D eigenvalue weighted by Gasteiger charge is -2.21. The molecular weight excluding hydrogens is 904 g/mol. The first-order chi connectivity index (χ1) is 34.2. The second kappa shape index (κ2) is 52.2. The maximum absolute atomic E-state index is 12.9. The summed E-state index contributed by atoms with van der Waals surface area (Å²) in [6, 6.07) is 0. The Hall–Kier alpha value is -3.08. The van der Waals surface area contributed by atoms with Crippen molar-refractivity contribution >= 4 is 25.7 Å². The van der Waals surface area contributed by atoms with Crippen molar-refractivity contribution in [2.75, 3.05) is 26.4 Å². The first-order valence-corrected chi connectivity index (χ1v) is 29.3. The number of aliphatic hydroxyl groups is 1. The lowest BCUT2D eigenvalue weighted by molar-refractivity contribution is -0.161. The summed E-state index contributed by atoms with van der Waals surface area (Å²) in [4.78, 5) is 48.4. The summed E-state index contributed by atoms with van der Waals surface area (Å²) in [6.07, 6.45) is 57.2. The lowest BCUT2D eigenvalue weighted by atomic mass is 10.1. The Bertz CT molecular complexity index is 1450. The third kappa shape index (κ3) is 49.9. The van der Waals surface area contributed by atoms with Crippen LogP contribution in [0.2, 0.25) is 0 Å². The quantitative estimate of drug-likeness (QED) is 0.0197. The number of phosphoric acid groups is 1. The number of hydrogen-bond donors (Lipinski definition) is 2. The number of carbonyl (C=O) groups is 3. The number of esters is 3. The van der Waals surface area contributed by atoms with Crippen LogP contribution in [-0.4, -0.2) is 66.5 Å². The van der Waals surface area contributed by atoms with Gasteiger partial charge in [-0.25, -0.2) is 4.57 Å². The molecule has 0 aromatic carbocycles. The van der Waals surface area contributed by atoms with Gasteiger partial charge in [0.15, 0.2) is 6.10 Å². The van der Waals surface area contributed by atoms with E-state index in [4.69, 9.17) is 23.3 Å². The van der Waals surface area contributed by atoms with Gasteiger partial charge in [0.05, 0.1) is 19.8 Å². The first kappa shape index (κ1) is 66.9. The van der Waals surface area contributed by atoms with Crippen molar-refractivity contribution < 1.29 is 52.2 Å². The van der Waals surface area contributed by atoms with Gasteiger partial charge in [0, 0.05) is 19.3 Å². The Kier molecular flexibility index (Phi) is 50.0. The van der Waals surface area contributed by atoms with Gasteiger partial charge in [0.1, 0.15) is 12.7 Å². The molecule has 404 valence electrons. The Morgan fingerprint density at radius 3 is 1.19 bits per heavy atom. The molecule has 0 amide bonds. The van der Waals surface area contributed by atoms with Crippen LogP contribution in [0.1, 0.15) is 239 Å². The summed E-state index contributed by atoms with van der Waals surface area (Å²) >= 11 is 0. The van der Waals surface area contributed by atoms with Crippen molar-refractivity contribution in [3.8, 4) is 0 Å². The minimum atomic E-state index is -4.75. The molecule has 0 fully saturated rings. The molecule has 0 aliphatic rings. The largest absolute Gasteiger partial charge is 0.472 e. The monoisotopic (exact) mass is 1000 g/mol. The minimum Gasteiger partial charge on any atom is -0.462 e. The Morgan fingerprint density at radius 1 is 0.400 bits per heavy atom. The van der Waals surface area contributed by atoms with Gasteiger partial charge >= 0.3 is 25.7 Å². The standard InChI is InChI=1S/C58H101O11P/c1-4-7-10-13-16-19-22-24-25-26-27-28-29-31-33-35-38-41-44-47-56(60)65-51-55(69-58(62)49-46-43-40-37-34-30-23-20-17-14-11-8-5-2)53-67-70(63,64)66-52-54(50-59)68-57(61)48-45-42-39-36-32-21-18-15-12-9-6-3/h11,14-16,18-20,23-25,27-28,54-55,59H,4-10,12-13,17,21-22,26,29-53H2,1-3H3,(H,63,64)/b14-11-,18-15-,19-16-,23-20-,25-24-,28-27-. The van der Waals surface area contributed by atoms with E-state index in [9.17, 15) is 28.9 Å². The number of hydrogen-bond acceptors (Lipinski definition) is 10. The second-order valence-electron chi connectivity index (χ2n) is 18.4. The lowest BCUT2D eigenvalue weighted by Crippen LogP contribution is -2.30. The Labute approximate surface area is 427 Å². The summed E-state index contributed by atoms with van der Waals surface area (Å²) in [5, 5.41) is 9.77. The highest BCUT2D eigenvalue weighted by Gasteiger charge is 2.28. The van der Waals surface area contributed by atoms with Gasteiger partial charge in [-0.15, -0.1) is 0 Å². The highest BCUT2D eigenvalue weighted by atomic mass is 31.2. The van der Waals surface area contributed by atoms with E-state index < -0.39 is 57.8 Å². The Morgan fingerprint density at radius 2 is 0.743 bits per heavy atom. The third-order valence-corrected chi connectivity index (χ3v) is 12.5. The van der Waals surface area contributed by atoms with Crippen molar-refractivity contribution in [2.45, 2.75) is 251 Å². The molecule has 0 bridgehead atoms. The van der Waals surface area contributed by atoms with Crippen LogP contribution in [0.3, 0.4) is 0 Å². The van der Waals surface area contributed by atoms with Gasteiger partial charge in [-0.2, -0.15) is 0 Å². The fourth-order valence-corrected chi connectivity index (χ4v) is 8.05. The van der Waals surface area contributed by atoms with E-state index in [-0.39, 0.29) is 25.9 Å². The van der Waals surface area contributed by atoms with E-state index in [2.05, 4.69) is 93.7 Å². The van der Waals surface area contributed by atoms with E-state index in [0.717, 1.165) is 141 Å². The van der Waals surface area contributed by atoms with E-state index in [0.29, 0.717) is 19.3 Å². The number of unbranched alkanes of at least 4 members (excludes halogenated alkanes) is 22. The van der Waals surface area contributed by atoms with Crippen LogP contribution >= 0.6 is 7.82 Å². The Balaban J connectivity index is 4.75. The summed E-state index contributed by atoms with van der Waals surface area (Å²) < 4.78 is 39.4. The average molecular weight is 1010 g/mol. The molecule has 0 rings (SSSR count). The molecule has 0 saturated carbocycles. The van der Waals surface area contributed by atoms with Crippen molar-refractivity contribution in [1.29, 1.82) is 0 Å². The van der Waals surface area contributed by atoms with E-state index in [1.807, 2.05) is 0 Å². The molecule has 12 heteroatoms. The topological polar surface area (TPSA) is 155 Å². The summed E-state index contributed by atoms with van der Waals surface area (Å²) in [6.45, 7) is 4.46. The predicted molar refractivity (Wildman–Crippen MR) is 288 cm³/mol. The maximum atomic E-state index is 12.9. The SMILES string of the molecule is CCC/C=C\C/C=C\CCCCCCCC(=O)OC(COC(=O)CCCCCCCC/C=C\C/C=C\C/C=C\CCCCC)COP(=O)(O)OCC(CO)OC(=O)CCCCCCC/C=C\CCCC. The number of allylic oxidation sites excluding steroid dienone is 12. The third-order valence-electron chi connectivity index (χ3n) is 11.6.